The highest BCUT2D eigenvalue weighted by Crippen LogP contribution is 2.28. The first-order valence-corrected chi connectivity index (χ1v) is 13.0. The minimum atomic E-state index is -0.461. The number of nitrogens with one attached hydrogen (secondary N) is 2. The number of esters is 2. The van der Waals surface area contributed by atoms with Crippen molar-refractivity contribution in [3.05, 3.63) is 69.3 Å². The van der Waals surface area contributed by atoms with Crippen LogP contribution in [-0.4, -0.2) is 45.1 Å². The molecule has 38 heavy (non-hydrogen) atoms. The molecular formula is C30H30N4O4. The van der Waals surface area contributed by atoms with Crippen LogP contribution in [0.1, 0.15) is 82.3 Å². The van der Waals surface area contributed by atoms with Gasteiger partial charge in [0.25, 0.3) is 0 Å². The standard InChI is InChI=1S/C30H30N4O4/c1-5-17-19-9-13-23(31-19)27(29(35)37-7-3)25-15-11-21(33-25)18(6-2)22-12-16-26(34-22)28(30(36)38-8-4)24-14-10-20(17)32-24/h9-16,31,33H,5-8H2,1-4H3. The van der Waals surface area contributed by atoms with Crippen molar-refractivity contribution in [2.45, 2.75) is 40.5 Å². The van der Waals surface area contributed by atoms with Crippen LogP contribution in [-0.2, 0) is 22.3 Å². The van der Waals surface area contributed by atoms with Crippen LogP contribution in [0, 0.1) is 0 Å². The first kappa shape index (κ1) is 25.2. The van der Waals surface area contributed by atoms with E-state index in [0.717, 1.165) is 33.5 Å². The van der Waals surface area contributed by atoms with E-state index in [0.29, 0.717) is 46.4 Å². The highest BCUT2D eigenvalue weighted by molar-refractivity contribution is 6.05. The highest BCUT2D eigenvalue weighted by Gasteiger charge is 2.22. The Morgan fingerprint density at radius 3 is 1.42 bits per heavy atom. The summed E-state index contributed by atoms with van der Waals surface area (Å²) in [5, 5.41) is 0. The zero-order valence-electron chi connectivity index (χ0n) is 22.0. The number of fused-ring (bicyclic) bond motifs is 8. The van der Waals surface area contributed by atoms with E-state index >= 15 is 0 Å². The molecule has 0 unspecified atom stereocenters. The average Bonchev–Trinajstić information content (AvgIpc) is 3.70. The molecule has 0 fully saturated rings. The zero-order valence-corrected chi connectivity index (χ0v) is 22.0. The molecule has 0 spiro atoms. The molecule has 0 aliphatic carbocycles. The van der Waals surface area contributed by atoms with E-state index in [9.17, 15) is 9.59 Å². The van der Waals surface area contributed by atoms with E-state index in [1.165, 1.54) is 0 Å². The molecule has 3 aromatic rings. The third-order valence-electron chi connectivity index (χ3n) is 6.64. The average molecular weight is 511 g/mol. The van der Waals surface area contributed by atoms with Gasteiger partial charge in [0.15, 0.2) is 0 Å². The van der Waals surface area contributed by atoms with Crippen molar-refractivity contribution in [2.24, 2.45) is 0 Å². The van der Waals surface area contributed by atoms with Gasteiger partial charge < -0.3 is 19.4 Å². The van der Waals surface area contributed by atoms with E-state index in [1.54, 1.807) is 13.8 Å². The van der Waals surface area contributed by atoms with Gasteiger partial charge in [-0.1, -0.05) is 13.8 Å². The van der Waals surface area contributed by atoms with Gasteiger partial charge in [-0.15, -0.1) is 0 Å². The van der Waals surface area contributed by atoms with Crippen LogP contribution in [0.5, 0.6) is 0 Å². The van der Waals surface area contributed by atoms with E-state index in [4.69, 9.17) is 19.4 Å². The topological polar surface area (TPSA) is 110 Å². The van der Waals surface area contributed by atoms with E-state index in [-0.39, 0.29) is 13.2 Å². The predicted octanol–water partition coefficient (Wildman–Crippen LogP) is 6.13. The third kappa shape index (κ3) is 4.42. The van der Waals surface area contributed by atoms with Gasteiger partial charge in [-0.05, 0) is 75.3 Å². The van der Waals surface area contributed by atoms with Crippen molar-refractivity contribution < 1.29 is 19.1 Å². The maximum Gasteiger partial charge on any atom is 0.342 e. The van der Waals surface area contributed by atoms with Gasteiger partial charge in [0.05, 0.1) is 47.0 Å². The number of carbonyl (C=O) groups excluding carboxylic acids is 2. The number of hydrogen-bond acceptors (Lipinski definition) is 6. The molecule has 0 amide bonds. The predicted molar refractivity (Wildman–Crippen MR) is 150 cm³/mol. The second-order valence-electron chi connectivity index (χ2n) is 8.86. The number of aromatic amines is 2. The van der Waals surface area contributed by atoms with E-state index in [2.05, 4.69) is 9.97 Å². The lowest BCUT2D eigenvalue weighted by molar-refractivity contribution is 0.0517. The molecule has 2 N–H and O–H groups in total. The van der Waals surface area contributed by atoms with E-state index < -0.39 is 11.9 Å². The maximum atomic E-state index is 13.1. The molecule has 2 aliphatic rings. The Kier molecular flexibility index (Phi) is 6.96. The molecule has 5 rings (SSSR count). The van der Waals surface area contributed by atoms with Crippen molar-refractivity contribution in [3.63, 3.8) is 0 Å². The van der Waals surface area contributed by atoms with Crippen molar-refractivity contribution in [1.29, 1.82) is 0 Å². The first-order valence-electron chi connectivity index (χ1n) is 13.0. The van der Waals surface area contributed by atoms with Crippen LogP contribution in [0.3, 0.4) is 0 Å². The number of aryl methyl sites for hydroxylation is 2. The number of rotatable bonds is 6. The van der Waals surface area contributed by atoms with Crippen LogP contribution >= 0.6 is 0 Å². The summed E-state index contributed by atoms with van der Waals surface area (Å²) in [7, 11) is 0. The Labute approximate surface area is 220 Å². The Morgan fingerprint density at radius 2 is 1.00 bits per heavy atom. The Bertz CT molecular complexity index is 1550. The van der Waals surface area contributed by atoms with Crippen molar-refractivity contribution in [1.82, 2.24) is 19.9 Å². The SMILES string of the molecule is CCOC(=O)c1c2nc(c(CC)c3ccc([nH]3)c(C(=O)OCC)c3ccc([nH]3)c(CC)c3nc1C=C3)C=C2. The molecule has 0 saturated heterocycles. The molecule has 3 aromatic heterocycles. The van der Waals surface area contributed by atoms with Crippen LogP contribution in [0.15, 0.2) is 24.3 Å². The second-order valence-corrected chi connectivity index (χ2v) is 8.86. The highest BCUT2D eigenvalue weighted by atomic mass is 16.5. The molecule has 8 nitrogen and oxygen atoms in total. The number of nitrogens with zero attached hydrogens (tertiary/aromatic N) is 2. The van der Waals surface area contributed by atoms with Gasteiger partial charge in [0.1, 0.15) is 11.1 Å². The molecule has 8 bridgehead atoms. The molecule has 5 heterocycles. The summed E-state index contributed by atoms with van der Waals surface area (Å²) in [6.07, 6.45) is 8.80. The summed E-state index contributed by atoms with van der Waals surface area (Å²) in [6, 6.07) is 7.64. The monoisotopic (exact) mass is 510 g/mol. The van der Waals surface area contributed by atoms with Crippen LogP contribution in [0.4, 0.5) is 0 Å². The summed E-state index contributed by atoms with van der Waals surface area (Å²) in [6.45, 7) is 8.16. The van der Waals surface area contributed by atoms with Crippen LogP contribution in [0.2, 0.25) is 0 Å². The lowest BCUT2D eigenvalue weighted by Crippen LogP contribution is -2.09. The molecular weight excluding hydrogens is 480 g/mol. The summed E-state index contributed by atoms with van der Waals surface area (Å²) >= 11 is 0. The molecule has 0 saturated carbocycles. The number of H-pyrrole nitrogens is 2. The number of aromatic nitrogens is 4. The van der Waals surface area contributed by atoms with Crippen molar-refractivity contribution in [3.8, 4) is 0 Å². The fraction of sp³-hybridized carbons (Fsp3) is 0.267. The molecule has 194 valence electrons. The van der Waals surface area contributed by atoms with Crippen molar-refractivity contribution in [2.75, 3.05) is 13.2 Å². The summed E-state index contributed by atoms with van der Waals surface area (Å²) < 4.78 is 10.8. The summed E-state index contributed by atoms with van der Waals surface area (Å²) in [5.74, 6) is -0.875. The largest absolute Gasteiger partial charge is 0.462 e. The minimum Gasteiger partial charge on any atom is -0.462 e. The van der Waals surface area contributed by atoms with Gasteiger partial charge in [-0.25, -0.2) is 19.6 Å². The van der Waals surface area contributed by atoms with E-state index in [1.807, 2.05) is 62.4 Å². The number of ether oxygens (including phenoxy) is 2. The molecule has 0 aromatic carbocycles. The Hall–Kier alpha value is -4.46. The fourth-order valence-electron chi connectivity index (χ4n) is 4.90. The quantitative estimate of drug-likeness (QED) is 0.266. The maximum absolute atomic E-state index is 13.1. The summed E-state index contributed by atoms with van der Waals surface area (Å²) in [4.78, 5) is 42.7. The minimum absolute atomic E-state index is 0.248. The lowest BCUT2D eigenvalue weighted by atomic mass is 10.1. The molecule has 0 atom stereocenters. The van der Waals surface area contributed by atoms with Gasteiger partial charge in [-0.2, -0.15) is 0 Å². The first-order chi connectivity index (χ1) is 18.5. The molecule has 8 heteroatoms. The molecule has 2 aliphatic heterocycles. The van der Waals surface area contributed by atoms with Crippen LogP contribution in [0.25, 0.3) is 46.4 Å². The summed E-state index contributed by atoms with van der Waals surface area (Å²) in [5.41, 5.74) is 8.09. The lowest BCUT2D eigenvalue weighted by Gasteiger charge is -2.04. The third-order valence-corrected chi connectivity index (χ3v) is 6.64. The Balaban J connectivity index is 1.96. The second kappa shape index (κ2) is 10.5. The van der Waals surface area contributed by atoms with Gasteiger partial charge in [0, 0.05) is 22.2 Å². The van der Waals surface area contributed by atoms with Gasteiger partial charge >= 0.3 is 11.9 Å². The number of hydrogen-bond donors (Lipinski definition) is 2. The van der Waals surface area contributed by atoms with Crippen LogP contribution < -0.4 is 0 Å². The normalized spacial score (nSPS) is 12.1. The number of carbonyl (C=O) groups is 2. The fourth-order valence-corrected chi connectivity index (χ4v) is 4.90. The van der Waals surface area contributed by atoms with Gasteiger partial charge in [0.2, 0.25) is 0 Å². The molecule has 0 radical (unpaired) electrons. The Morgan fingerprint density at radius 1 is 0.605 bits per heavy atom. The van der Waals surface area contributed by atoms with Crippen molar-refractivity contribution >= 4 is 58.3 Å². The van der Waals surface area contributed by atoms with Gasteiger partial charge in [-0.3, -0.25) is 0 Å². The smallest absolute Gasteiger partial charge is 0.342 e. The zero-order chi connectivity index (χ0) is 26.8.